The molecule has 4 aliphatic heterocycles. The first-order valence-corrected chi connectivity index (χ1v) is 48.1. The molecule has 28 heteroatoms. The molecule has 0 aromatic heterocycles. The third-order valence-corrected chi connectivity index (χ3v) is 25.1. The molecule has 4 amide bonds. The molecule has 4 atom stereocenters. The molecule has 712 valence electrons. The molecule has 4 aromatic carbocycles. The molecule has 1 aliphatic carbocycles. The summed E-state index contributed by atoms with van der Waals surface area (Å²) in [5.74, 6) is -6.58. The van der Waals surface area contributed by atoms with Crippen LogP contribution in [0.5, 0.6) is 69.0 Å². The predicted octanol–water partition coefficient (Wildman–Crippen LogP) is 19.4. The maximum atomic E-state index is 14.6. The fourth-order valence-electron chi connectivity index (χ4n) is 18.2. The molecule has 5 aliphatic rings. The lowest BCUT2D eigenvalue weighted by atomic mass is 9.75. The van der Waals surface area contributed by atoms with Crippen LogP contribution in [-0.2, 0) is 57.3 Å². The Morgan fingerprint density at radius 2 is 0.406 bits per heavy atom. The largest absolute Gasteiger partial charge is 0.476 e. The zero-order valence-corrected chi connectivity index (χ0v) is 78.7. The van der Waals surface area contributed by atoms with Gasteiger partial charge in [-0.1, -0.05) is 259 Å². The maximum absolute atomic E-state index is 14.6. The summed E-state index contributed by atoms with van der Waals surface area (Å²) in [4.78, 5) is 111. The van der Waals surface area contributed by atoms with Crippen LogP contribution >= 0.6 is 0 Å². The van der Waals surface area contributed by atoms with Gasteiger partial charge in [-0.05, 0) is 77.6 Å². The molecule has 0 unspecified atom stereocenters. The van der Waals surface area contributed by atoms with Crippen LogP contribution in [0.25, 0.3) is 0 Å². The first-order chi connectivity index (χ1) is 62.2. The second kappa shape index (κ2) is 54.7. The van der Waals surface area contributed by atoms with E-state index < -0.39 is 149 Å². The van der Waals surface area contributed by atoms with E-state index in [1.165, 1.54) is 81.8 Å². The monoisotopic (exact) mass is 1790 g/mol. The van der Waals surface area contributed by atoms with Gasteiger partial charge < -0.3 is 97.1 Å². The van der Waals surface area contributed by atoms with Gasteiger partial charge in [-0.25, -0.2) is 19.2 Å². The van der Waals surface area contributed by atoms with Gasteiger partial charge in [-0.3, -0.25) is 19.2 Å². The lowest BCUT2D eigenvalue weighted by molar-refractivity contribution is -0.145. The van der Waals surface area contributed by atoms with Gasteiger partial charge in [0.1, 0.15) is 24.2 Å². The molecule has 8 bridgehead atoms. The number of amides is 4. The van der Waals surface area contributed by atoms with E-state index in [1.54, 1.807) is 0 Å². The van der Waals surface area contributed by atoms with E-state index >= 15 is 0 Å². The highest BCUT2D eigenvalue weighted by molar-refractivity contribution is 5.88. The fraction of sp³-hybridized carbons (Fsp3) is 0.680. The van der Waals surface area contributed by atoms with E-state index in [4.69, 9.17) is 75.8 Å². The van der Waals surface area contributed by atoms with Gasteiger partial charge in [0, 0.05) is 68.2 Å². The van der Waals surface area contributed by atoms with Gasteiger partial charge >= 0.3 is 23.9 Å². The van der Waals surface area contributed by atoms with Crippen molar-refractivity contribution in [2.24, 2.45) is 0 Å². The number of methoxy groups -OCH3 is 4. The van der Waals surface area contributed by atoms with E-state index in [2.05, 4.69) is 73.2 Å². The first-order valence-electron chi connectivity index (χ1n) is 48.1. The van der Waals surface area contributed by atoms with E-state index in [1.807, 2.05) is 0 Å². The zero-order valence-electron chi connectivity index (χ0n) is 78.7. The Hall–Kier alpha value is -9.76. The molecular weight excluding hydrogens is 1640 g/mol. The average molecular weight is 1790 g/mol. The molecular formula is C100H148N4O24. The third-order valence-electron chi connectivity index (χ3n) is 25.1. The molecule has 9 rings (SSSR count). The van der Waals surface area contributed by atoms with Gasteiger partial charge in [0.2, 0.25) is 50.2 Å². The topological polar surface area (TPSA) is 332 Å². The van der Waals surface area contributed by atoms with Crippen LogP contribution in [0.2, 0.25) is 0 Å². The Bertz CT molecular complexity index is 3580. The highest BCUT2D eigenvalue weighted by atomic mass is 16.7. The van der Waals surface area contributed by atoms with E-state index in [-0.39, 0.29) is 69.0 Å². The minimum atomic E-state index is -1.07. The molecule has 0 saturated carbocycles. The van der Waals surface area contributed by atoms with Gasteiger partial charge in [-0.15, -0.1) is 0 Å². The van der Waals surface area contributed by atoms with Crippen molar-refractivity contribution < 1.29 is 114 Å². The molecule has 0 saturated heterocycles. The van der Waals surface area contributed by atoms with Crippen molar-refractivity contribution in [2.45, 2.75) is 360 Å². The Morgan fingerprint density at radius 1 is 0.258 bits per heavy atom. The van der Waals surface area contributed by atoms with Crippen LogP contribution in [0.1, 0.15) is 380 Å². The number of unbranched alkanes of at least 4 members (excludes halogenated alkanes) is 32. The summed E-state index contributed by atoms with van der Waals surface area (Å²) in [7, 11) is 4.98. The second-order valence-electron chi connectivity index (χ2n) is 34.9. The van der Waals surface area contributed by atoms with Crippen LogP contribution < -0.4 is 78.1 Å². The van der Waals surface area contributed by atoms with Crippen molar-refractivity contribution in [2.75, 3.05) is 82.0 Å². The van der Waals surface area contributed by atoms with Crippen LogP contribution in [-0.4, -0.2) is 154 Å². The van der Waals surface area contributed by atoms with Crippen LogP contribution in [0.3, 0.4) is 0 Å². The standard InChI is InChI=1S/C100H148N4O24/c1-13-17-21-25-29-33-37-41-45-49-69-73-53-75-70(50-46-42-38-34-30-26-22-18-14-2)77-55-79-72(52-48-44-40-36-32-28-24-20-16-4)80-56-78-71(51-47-43-39-35-31-27-23-19-15-3)76-54-74(69)86-94(118-58-82(106)102-66(6)98(110)114-10)88(76)124-63-126-90(78)96(120-60-84(108)104-68(8)100(112)116-12)92(80)128-64-127-91(79)95(119-59-83(107)103-67(7)99(111)115-11)89(77)125-62-123-87(75)93(85(73)121-61-122-86)117-57-81(105)101-65(5)97(109)113-9/h53-56,65-72H,13-52,57-64H2,1-12H3,(H,101,105)(H,102,106)(H,103,107)(H,104,108)/t65-,66-,67-,68-,69?,70?,71?,72?/m0/s1. The van der Waals surface area contributed by atoms with Gasteiger partial charge in [0.25, 0.3) is 23.6 Å². The summed E-state index contributed by atoms with van der Waals surface area (Å²) in [5.41, 5.74) is 4.95. The number of hydrogen-bond acceptors (Lipinski definition) is 24. The van der Waals surface area contributed by atoms with Crippen molar-refractivity contribution >= 4 is 47.5 Å². The molecule has 0 fully saturated rings. The minimum absolute atomic E-state index is 0.0451. The smallest absolute Gasteiger partial charge is 0.328 e. The summed E-state index contributed by atoms with van der Waals surface area (Å²) >= 11 is 0. The molecule has 4 aromatic rings. The van der Waals surface area contributed by atoms with Crippen molar-refractivity contribution in [1.29, 1.82) is 0 Å². The number of esters is 4. The highest BCUT2D eigenvalue weighted by Gasteiger charge is 2.44. The number of carbonyl (C=O) groups is 8. The summed E-state index contributed by atoms with van der Waals surface area (Å²) < 4.78 is 106. The third kappa shape index (κ3) is 29.1. The Labute approximate surface area is 759 Å². The van der Waals surface area contributed by atoms with Gasteiger partial charge in [0.05, 0.1) is 28.4 Å². The first kappa shape index (κ1) is 102. The summed E-state index contributed by atoms with van der Waals surface area (Å²) in [6, 6.07) is 4.29. The summed E-state index contributed by atoms with van der Waals surface area (Å²) in [6.45, 7) is 10.2. The number of benzene rings is 4. The van der Waals surface area contributed by atoms with Crippen molar-refractivity contribution in [1.82, 2.24) is 21.3 Å². The highest BCUT2D eigenvalue weighted by Crippen LogP contribution is 2.63. The van der Waals surface area contributed by atoms with E-state index in [0.717, 1.165) is 180 Å². The summed E-state index contributed by atoms with van der Waals surface area (Å²) in [5, 5.41) is 11.0. The Kier molecular flexibility index (Phi) is 43.5. The summed E-state index contributed by atoms with van der Waals surface area (Å²) in [6.07, 6.45) is 38.3. The predicted molar refractivity (Wildman–Crippen MR) is 485 cm³/mol. The van der Waals surface area contributed by atoms with Gasteiger partial charge in [-0.2, -0.15) is 0 Å². The quantitative estimate of drug-likeness (QED) is 0.0181. The Balaban J connectivity index is 1.46. The van der Waals surface area contributed by atoms with Crippen LogP contribution in [0.15, 0.2) is 24.3 Å². The number of ether oxygens (including phenoxy) is 16. The van der Waals surface area contributed by atoms with Crippen molar-refractivity contribution in [3.8, 4) is 69.0 Å². The lowest BCUT2D eigenvalue weighted by Crippen LogP contribution is -2.41. The van der Waals surface area contributed by atoms with E-state index in [0.29, 0.717) is 95.9 Å². The molecule has 0 spiro atoms. The average Bonchev–Trinajstić information content (AvgIpc) is 0.719. The normalized spacial score (nSPS) is 16.3. The van der Waals surface area contributed by atoms with Crippen LogP contribution in [0.4, 0.5) is 0 Å². The lowest BCUT2D eigenvalue weighted by Gasteiger charge is -2.37. The van der Waals surface area contributed by atoms with Crippen LogP contribution in [0, 0.1) is 0 Å². The van der Waals surface area contributed by atoms with Crippen molar-refractivity contribution in [3.05, 3.63) is 68.8 Å². The molecule has 28 nitrogen and oxygen atoms in total. The molecule has 4 N–H and O–H groups in total. The number of rotatable bonds is 60. The van der Waals surface area contributed by atoms with Gasteiger partial charge in [0.15, 0.2) is 72.4 Å². The zero-order chi connectivity index (χ0) is 91.7. The number of carbonyl (C=O) groups excluding carboxylic acids is 8. The fourth-order valence-corrected chi connectivity index (χ4v) is 18.2. The Morgan fingerprint density at radius 3 is 0.555 bits per heavy atom. The SMILES string of the molecule is CCCCCCCCCCCC1c2cc3c4c(OCC(=O)N[C@@H](C)C(=O)OC)c2OCOc2c1cc1c(c2OCC(=O)N[C@@H](C)C(=O)OC)OCOc2c(cc5c(c2OCC(=O)N[C@@H](C)C(=O)OC)OCOc2c(cc(c(c2OCC(=O)N[C@@H](C)C(=O)OC)OCO4)C3CCCCCCCCCCC)C5CCCCCCCCCCC)C1CCCCCCCCCCC. The van der Waals surface area contributed by atoms with E-state index in [9.17, 15) is 38.4 Å². The maximum Gasteiger partial charge on any atom is 0.328 e. The number of nitrogens with one attached hydrogen (secondary N) is 4. The molecule has 4 heterocycles. The molecule has 0 radical (unpaired) electrons. The number of hydrogen-bond donors (Lipinski definition) is 4. The minimum Gasteiger partial charge on any atom is -0.476 e. The molecule has 128 heavy (non-hydrogen) atoms. The second-order valence-corrected chi connectivity index (χ2v) is 34.9. The van der Waals surface area contributed by atoms with Crippen molar-refractivity contribution in [3.63, 3.8) is 0 Å².